The number of thioether (sulfide) groups is 1. The van der Waals surface area contributed by atoms with Gasteiger partial charge in [-0.25, -0.2) is 0 Å². The molecule has 0 unspecified atom stereocenters. The van der Waals surface area contributed by atoms with E-state index < -0.39 is 17.9 Å². The Morgan fingerprint density at radius 2 is 1.71 bits per heavy atom. The van der Waals surface area contributed by atoms with Crippen molar-refractivity contribution in [1.29, 1.82) is 0 Å². The van der Waals surface area contributed by atoms with Crippen molar-refractivity contribution in [2.45, 2.75) is 25.4 Å². The van der Waals surface area contributed by atoms with E-state index in [-0.39, 0.29) is 30.1 Å². The number of imide groups is 1. The van der Waals surface area contributed by atoms with Gasteiger partial charge in [0.15, 0.2) is 5.96 Å². The van der Waals surface area contributed by atoms with Crippen molar-refractivity contribution < 1.29 is 19.2 Å². The lowest BCUT2D eigenvalue weighted by Gasteiger charge is -2.15. The first kappa shape index (κ1) is 25.5. The fraction of sp³-hybridized carbons (Fsp3) is 0.208. The number of guanidine groups is 1. The summed E-state index contributed by atoms with van der Waals surface area (Å²) in [4.78, 5) is 54.6. The first-order valence-electron chi connectivity index (χ1n) is 10.8. The summed E-state index contributed by atoms with van der Waals surface area (Å²) in [5, 5.41) is 2.27. The second-order valence-electron chi connectivity index (χ2n) is 7.75. The van der Waals surface area contributed by atoms with Crippen LogP contribution in [-0.4, -0.2) is 46.4 Å². The fourth-order valence-electron chi connectivity index (χ4n) is 3.32. The maximum atomic E-state index is 12.7. The van der Waals surface area contributed by atoms with Gasteiger partial charge in [0.25, 0.3) is 17.1 Å². The van der Waals surface area contributed by atoms with Gasteiger partial charge in [-0.2, -0.15) is 0 Å². The van der Waals surface area contributed by atoms with Gasteiger partial charge < -0.3 is 22.5 Å². The number of amides is 4. The van der Waals surface area contributed by atoms with Crippen LogP contribution in [0.3, 0.4) is 0 Å². The van der Waals surface area contributed by atoms with E-state index in [1.165, 1.54) is 4.90 Å². The number of carbonyl (C=O) groups excluding carboxylic acids is 4. The zero-order valence-corrected chi connectivity index (χ0v) is 19.7. The molecule has 4 amide bonds. The maximum absolute atomic E-state index is 12.7. The molecule has 1 aliphatic heterocycles. The molecule has 35 heavy (non-hydrogen) atoms. The molecular formula is C24H26N6O4S. The third-order valence-corrected chi connectivity index (χ3v) is 6.03. The highest BCUT2D eigenvalue weighted by Crippen LogP contribution is 2.33. The number of benzene rings is 2. The second-order valence-corrected chi connectivity index (χ2v) is 8.75. The highest BCUT2D eigenvalue weighted by molar-refractivity contribution is 8.18. The number of primary amides is 1. The third kappa shape index (κ3) is 7.18. The number of nitrogens with one attached hydrogen (secondary N) is 1. The van der Waals surface area contributed by atoms with Crippen LogP contribution in [0.1, 0.15) is 34.3 Å². The molecule has 1 atom stereocenters. The number of nitrogens with two attached hydrogens (primary N) is 3. The topological polar surface area (TPSA) is 174 Å². The van der Waals surface area contributed by atoms with Crippen LogP contribution in [0.2, 0.25) is 0 Å². The molecule has 11 heteroatoms. The molecule has 0 spiro atoms. The van der Waals surface area contributed by atoms with Gasteiger partial charge in [0.1, 0.15) is 6.04 Å². The summed E-state index contributed by atoms with van der Waals surface area (Å²) < 4.78 is 0. The van der Waals surface area contributed by atoms with Crippen molar-refractivity contribution in [3.05, 3.63) is 76.2 Å². The van der Waals surface area contributed by atoms with E-state index in [1.807, 2.05) is 30.3 Å². The molecule has 182 valence electrons. The summed E-state index contributed by atoms with van der Waals surface area (Å²) in [5.41, 5.74) is 17.7. The summed E-state index contributed by atoms with van der Waals surface area (Å²) in [6.07, 6.45) is 2.35. The minimum Gasteiger partial charge on any atom is -0.370 e. The molecule has 2 aromatic rings. The summed E-state index contributed by atoms with van der Waals surface area (Å²) in [6.45, 7) is 0.516. The molecule has 0 radical (unpaired) electrons. The Morgan fingerprint density at radius 3 is 2.34 bits per heavy atom. The van der Waals surface area contributed by atoms with Gasteiger partial charge in [0.2, 0.25) is 5.91 Å². The molecule has 0 aliphatic carbocycles. The molecular weight excluding hydrogens is 468 g/mol. The largest absolute Gasteiger partial charge is 0.370 e. The summed E-state index contributed by atoms with van der Waals surface area (Å²) in [5.74, 6) is -1.54. The van der Waals surface area contributed by atoms with Gasteiger partial charge in [-0.3, -0.25) is 29.1 Å². The minimum absolute atomic E-state index is 0.0503. The lowest BCUT2D eigenvalue weighted by molar-refractivity contribution is -0.123. The van der Waals surface area contributed by atoms with Crippen LogP contribution < -0.4 is 22.5 Å². The van der Waals surface area contributed by atoms with Crippen LogP contribution in [0.4, 0.5) is 4.79 Å². The number of nitrogens with zero attached hydrogens (tertiary/aromatic N) is 2. The van der Waals surface area contributed by atoms with Crippen molar-refractivity contribution in [2.24, 2.45) is 22.2 Å². The first-order chi connectivity index (χ1) is 16.7. The minimum atomic E-state index is -0.868. The maximum Gasteiger partial charge on any atom is 0.293 e. The predicted molar refractivity (Wildman–Crippen MR) is 135 cm³/mol. The Balaban J connectivity index is 1.62. The zero-order valence-electron chi connectivity index (χ0n) is 18.8. The molecule has 1 saturated heterocycles. The van der Waals surface area contributed by atoms with Crippen molar-refractivity contribution in [3.8, 4) is 0 Å². The van der Waals surface area contributed by atoms with Crippen LogP contribution in [0.5, 0.6) is 0 Å². The van der Waals surface area contributed by atoms with E-state index in [0.29, 0.717) is 29.0 Å². The Hall–Kier alpha value is -4.12. The van der Waals surface area contributed by atoms with E-state index in [0.717, 1.165) is 17.3 Å². The van der Waals surface area contributed by atoms with E-state index in [4.69, 9.17) is 17.2 Å². The number of rotatable bonds is 10. The molecule has 0 saturated carbocycles. The fourth-order valence-corrected chi connectivity index (χ4v) is 4.15. The lowest BCUT2D eigenvalue weighted by atomic mass is 10.1. The average molecular weight is 495 g/mol. The van der Waals surface area contributed by atoms with Crippen molar-refractivity contribution >= 4 is 46.8 Å². The predicted octanol–water partition coefficient (Wildman–Crippen LogP) is 1.56. The second kappa shape index (κ2) is 11.8. The SMILES string of the molecule is NC(=O)[C@H](CCCN=C(N)N)NC(=O)c1ccc(/C=C2\SC(=O)N(Cc3ccccc3)C2=O)cc1. The summed E-state index contributed by atoms with van der Waals surface area (Å²) in [7, 11) is 0. The third-order valence-electron chi connectivity index (χ3n) is 5.12. The molecule has 2 aromatic carbocycles. The molecule has 0 bridgehead atoms. The van der Waals surface area contributed by atoms with Crippen molar-refractivity contribution in [1.82, 2.24) is 10.2 Å². The van der Waals surface area contributed by atoms with Crippen LogP contribution in [0.25, 0.3) is 6.08 Å². The van der Waals surface area contributed by atoms with E-state index in [9.17, 15) is 19.2 Å². The number of carbonyl (C=O) groups is 4. The molecule has 10 nitrogen and oxygen atoms in total. The molecule has 7 N–H and O–H groups in total. The van der Waals surface area contributed by atoms with Crippen LogP contribution in [-0.2, 0) is 16.1 Å². The van der Waals surface area contributed by atoms with Gasteiger partial charge in [0.05, 0.1) is 11.4 Å². The Bertz CT molecular complexity index is 1160. The first-order valence-corrected chi connectivity index (χ1v) is 11.6. The Morgan fingerprint density at radius 1 is 1.03 bits per heavy atom. The van der Waals surface area contributed by atoms with Gasteiger partial charge in [-0.05, 0) is 53.9 Å². The summed E-state index contributed by atoms with van der Waals surface area (Å²) >= 11 is 0.872. The van der Waals surface area contributed by atoms with E-state index in [1.54, 1.807) is 30.3 Å². The Kier molecular flexibility index (Phi) is 8.63. The highest BCUT2D eigenvalue weighted by atomic mass is 32.2. The van der Waals surface area contributed by atoms with Crippen LogP contribution in [0.15, 0.2) is 64.5 Å². The number of hydrogen-bond donors (Lipinski definition) is 4. The quantitative estimate of drug-likeness (QED) is 0.168. The van der Waals surface area contributed by atoms with Crippen molar-refractivity contribution in [2.75, 3.05) is 6.54 Å². The Labute approximate surface area is 206 Å². The van der Waals surface area contributed by atoms with Crippen molar-refractivity contribution in [3.63, 3.8) is 0 Å². The van der Waals surface area contributed by atoms with Gasteiger partial charge in [-0.1, -0.05) is 42.5 Å². The highest BCUT2D eigenvalue weighted by Gasteiger charge is 2.34. The van der Waals surface area contributed by atoms with Crippen LogP contribution >= 0.6 is 11.8 Å². The van der Waals surface area contributed by atoms with Gasteiger partial charge in [-0.15, -0.1) is 0 Å². The van der Waals surface area contributed by atoms with E-state index >= 15 is 0 Å². The van der Waals surface area contributed by atoms with Crippen LogP contribution in [0, 0.1) is 0 Å². The molecule has 1 fully saturated rings. The number of hydrogen-bond acceptors (Lipinski definition) is 6. The van der Waals surface area contributed by atoms with E-state index in [2.05, 4.69) is 10.3 Å². The zero-order chi connectivity index (χ0) is 25.4. The average Bonchev–Trinajstić information content (AvgIpc) is 3.09. The normalized spacial score (nSPS) is 15.2. The monoisotopic (exact) mass is 494 g/mol. The molecule has 3 rings (SSSR count). The lowest BCUT2D eigenvalue weighted by Crippen LogP contribution is -2.44. The molecule has 1 aliphatic rings. The molecule has 0 aromatic heterocycles. The van der Waals surface area contributed by atoms with Gasteiger partial charge in [0, 0.05) is 12.1 Å². The summed E-state index contributed by atoms with van der Waals surface area (Å²) in [6, 6.07) is 14.8. The van der Waals surface area contributed by atoms with Gasteiger partial charge >= 0.3 is 0 Å². The smallest absolute Gasteiger partial charge is 0.293 e. The standard InChI is InChI=1S/C24H26N6O4S/c25-20(31)18(7-4-12-28-23(26)27)29-21(32)17-10-8-15(9-11-17)13-19-22(33)30(24(34)35-19)14-16-5-2-1-3-6-16/h1-3,5-6,8-11,13,18H,4,7,12,14H2,(H2,25,31)(H,29,32)(H4,26,27,28)/b19-13-/t18-/m0/s1. The number of aliphatic imine (C=N–C) groups is 1. The molecule has 1 heterocycles.